The largest absolute Gasteiger partial charge is 0.508 e. The van der Waals surface area contributed by atoms with Crippen LogP contribution in [0.15, 0.2) is 48.5 Å². The van der Waals surface area contributed by atoms with Crippen LogP contribution in [0.25, 0.3) is 0 Å². The number of rotatable bonds is 6. The van der Waals surface area contributed by atoms with Crippen LogP contribution in [-0.4, -0.2) is 60.5 Å². The average molecular weight is 342 g/mol. The Morgan fingerprint density at radius 3 is 2.44 bits per heavy atom. The van der Waals surface area contributed by atoms with Gasteiger partial charge in [0.1, 0.15) is 24.2 Å². The maximum absolute atomic E-state index is 10.2. The van der Waals surface area contributed by atoms with E-state index in [1.807, 2.05) is 43.3 Å². The molecule has 25 heavy (non-hydrogen) atoms. The Labute approximate surface area is 149 Å². The third kappa shape index (κ3) is 5.11. The van der Waals surface area contributed by atoms with Gasteiger partial charge in [-0.15, -0.1) is 0 Å². The summed E-state index contributed by atoms with van der Waals surface area (Å²) in [7, 11) is 0. The lowest BCUT2D eigenvalue weighted by Gasteiger charge is -2.36. The summed E-state index contributed by atoms with van der Waals surface area (Å²) in [5.74, 6) is 1.09. The van der Waals surface area contributed by atoms with Gasteiger partial charge in [0.2, 0.25) is 0 Å². The summed E-state index contributed by atoms with van der Waals surface area (Å²) in [6.45, 7) is 6.49. The molecule has 0 radical (unpaired) electrons. The van der Waals surface area contributed by atoms with Crippen LogP contribution in [-0.2, 0) is 0 Å². The molecule has 2 aromatic rings. The fourth-order valence-electron chi connectivity index (χ4n) is 3.06. The molecular formula is C20H26N2O3. The van der Waals surface area contributed by atoms with Crippen LogP contribution in [0.1, 0.15) is 5.56 Å². The van der Waals surface area contributed by atoms with Crippen LogP contribution in [0.2, 0.25) is 0 Å². The number of hydrogen-bond acceptors (Lipinski definition) is 5. The van der Waals surface area contributed by atoms with Gasteiger partial charge in [-0.3, -0.25) is 4.90 Å². The quantitative estimate of drug-likeness (QED) is 0.843. The first-order valence-electron chi connectivity index (χ1n) is 8.74. The number of phenols is 1. The van der Waals surface area contributed by atoms with Crippen molar-refractivity contribution < 1.29 is 14.9 Å². The number of piperazine rings is 1. The Kier molecular flexibility index (Phi) is 5.79. The Morgan fingerprint density at radius 2 is 1.76 bits per heavy atom. The third-order valence-electron chi connectivity index (χ3n) is 4.50. The van der Waals surface area contributed by atoms with E-state index in [4.69, 9.17) is 4.74 Å². The number of nitrogens with zero attached hydrogens (tertiary/aromatic N) is 2. The van der Waals surface area contributed by atoms with Crippen molar-refractivity contribution in [2.45, 2.75) is 13.0 Å². The van der Waals surface area contributed by atoms with Gasteiger partial charge in [-0.1, -0.05) is 23.8 Å². The monoisotopic (exact) mass is 342 g/mol. The number of aliphatic hydroxyl groups is 1. The zero-order valence-corrected chi connectivity index (χ0v) is 14.6. The molecule has 3 rings (SSSR count). The molecule has 2 aromatic carbocycles. The number of β-amino-alcohol motifs (C(OH)–C–C–N with tert-alkyl or cyclic N) is 1. The summed E-state index contributed by atoms with van der Waals surface area (Å²) in [5, 5.41) is 19.8. The number of aliphatic hydroxyl groups excluding tert-OH is 1. The van der Waals surface area contributed by atoms with Crippen LogP contribution in [0, 0.1) is 6.92 Å². The van der Waals surface area contributed by atoms with E-state index in [9.17, 15) is 10.2 Å². The molecule has 1 unspecified atom stereocenters. The lowest BCUT2D eigenvalue weighted by Crippen LogP contribution is -2.49. The second-order valence-electron chi connectivity index (χ2n) is 6.59. The minimum absolute atomic E-state index is 0.295. The lowest BCUT2D eigenvalue weighted by atomic mass is 10.2. The summed E-state index contributed by atoms with van der Waals surface area (Å²) in [4.78, 5) is 4.51. The Balaban J connectivity index is 1.41. The standard InChI is InChI=1S/C20H26N2O3/c1-16-5-7-20(8-6-16)25-15-19(24)14-21-9-11-22(12-10-21)17-3-2-4-18(23)13-17/h2-8,13,19,23-24H,9-12,14-15H2,1H3. The molecule has 0 bridgehead atoms. The van der Waals surface area contributed by atoms with E-state index >= 15 is 0 Å². The van der Waals surface area contributed by atoms with Crippen LogP contribution < -0.4 is 9.64 Å². The highest BCUT2D eigenvalue weighted by atomic mass is 16.5. The van der Waals surface area contributed by atoms with Crippen LogP contribution in [0.5, 0.6) is 11.5 Å². The van der Waals surface area contributed by atoms with Gasteiger partial charge >= 0.3 is 0 Å². The number of ether oxygens (including phenoxy) is 1. The molecule has 0 aromatic heterocycles. The summed E-state index contributed by atoms with van der Waals surface area (Å²) >= 11 is 0. The van der Waals surface area contributed by atoms with Crippen molar-refractivity contribution in [3.8, 4) is 11.5 Å². The van der Waals surface area contributed by atoms with Crippen LogP contribution in [0.4, 0.5) is 5.69 Å². The molecule has 2 N–H and O–H groups in total. The fraction of sp³-hybridized carbons (Fsp3) is 0.400. The van der Waals surface area contributed by atoms with E-state index in [0.717, 1.165) is 37.6 Å². The zero-order chi connectivity index (χ0) is 17.6. The van der Waals surface area contributed by atoms with Gasteiger partial charge < -0.3 is 19.8 Å². The first-order chi connectivity index (χ1) is 12.1. The predicted octanol–water partition coefficient (Wildman–Crippen LogP) is 2.26. The molecule has 0 spiro atoms. The number of aryl methyl sites for hydroxylation is 1. The maximum atomic E-state index is 10.2. The van der Waals surface area contributed by atoms with Crippen LogP contribution >= 0.6 is 0 Å². The van der Waals surface area contributed by atoms with E-state index in [1.54, 1.807) is 12.1 Å². The number of hydrogen-bond donors (Lipinski definition) is 2. The molecule has 0 amide bonds. The molecule has 1 heterocycles. The Morgan fingerprint density at radius 1 is 1.04 bits per heavy atom. The van der Waals surface area contributed by atoms with Crippen molar-refractivity contribution in [1.82, 2.24) is 4.90 Å². The SMILES string of the molecule is Cc1ccc(OCC(O)CN2CCN(c3cccc(O)c3)CC2)cc1. The minimum Gasteiger partial charge on any atom is -0.508 e. The smallest absolute Gasteiger partial charge is 0.119 e. The lowest BCUT2D eigenvalue weighted by molar-refractivity contribution is 0.0663. The van der Waals surface area contributed by atoms with Gasteiger partial charge in [-0.25, -0.2) is 0 Å². The Bertz CT molecular complexity index is 667. The van der Waals surface area contributed by atoms with Crippen LogP contribution in [0.3, 0.4) is 0 Å². The molecule has 0 aliphatic carbocycles. The van der Waals surface area contributed by atoms with Crippen molar-refractivity contribution >= 4 is 5.69 Å². The Hall–Kier alpha value is -2.24. The van der Waals surface area contributed by atoms with E-state index < -0.39 is 6.10 Å². The number of phenolic OH excluding ortho intramolecular Hbond substituents is 1. The second kappa shape index (κ2) is 8.23. The van der Waals surface area contributed by atoms with Gasteiger partial charge in [0, 0.05) is 44.5 Å². The third-order valence-corrected chi connectivity index (χ3v) is 4.50. The molecule has 1 fully saturated rings. The molecule has 5 nitrogen and oxygen atoms in total. The highest BCUT2D eigenvalue weighted by Gasteiger charge is 2.20. The molecule has 1 atom stereocenters. The van der Waals surface area contributed by atoms with Gasteiger partial charge in [0.05, 0.1) is 0 Å². The van der Waals surface area contributed by atoms with Gasteiger partial charge in [0.15, 0.2) is 0 Å². The second-order valence-corrected chi connectivity index (χ2v) is 6.59. The summed E-state index contributed by atoms with van der Waals surface area (Å²) in [6, 6.07) is 15.2. The molecular weight excluding hydrogens is 316 g/mol. The molecule has 5 heteroatoms. The van der Waals surface area contributed by atoms with Gasteiger partial charge in [-0.2, -0.15) is 0 Å². The molecule has 134 valence electrons. The first-order valence-corrected chi connectivity index (χ1v) is 8.74. The summed E-state index contributed by atoms with van der Waals surface area (Å²) in [5.41, 5.74) is 2.24. The molecule has 1 aliphatic heterocycles. The van der Waals surface area contributed by atoms with Crippen molar-refractivity contribution in [3.63, 3.8) is 0 Å². The minimum atomic E-state index is -0.506. The molecule has 1 aliphatic rings. The molecule has 0 saturated carbocycles. The van der Waals surface area contributed by atoms with Gasteiger partial charge in [-0.05, 0) is 31.2 Å². The topological polar surface area (TPSA) is 56.2 Å². The van der Waals surface area contributed by atoms with Crippen molar-refractivity contribution in [3.05, 3.63) is 54.1 Å². The maximum Gasteiger partial charge on any atom is 0.119 e. The van der Waals surface area contributed by atoms with E-state index in [1.165, 1.54) is 5.56 Å². The first kappa shape index (κ1) is 17.6. The van der Waals surface area contributed by atoms with Gasteiger partial charge in [0.25, 0.3) is 0 Å². The fourth-order valence-corrected chi connectivity index (χ4v) is 3.06. The van der Waals surface area contributed by atoms with E-state index in [2.05, 4.69) is 9.80 Å². The zero-order valence-electron chi connectivity index (χ0n) is 14.6. The highest BCUT2D eigenvalue weighted by Crippen LogP contribution is 2.21. The molecule has 1 saturated heterocycles. The van der Waals surface area contributed by atoms with E-state index in [-0.39, 0.29) is 0 Å². The van der Waals surface area contributed by atoms with Crippen molar-refractivity contribution in [2.75, 3.05) is 44.2 Å². The normalized spacial score (nSPS) is 16.6. The average Bonchev–Trinajstić information content (AvgIpc) is 2.62. The summed E-state index contributed by atoms with van der Waals surface area (Å²) in [6.07, 6.45) is -0.506. The van der Waals surface area contributed by atoms with Crippen molar-refractivity contribution in [2.24, 2.45) is 0 Å². The van der Waals surface area contributed by atoms with Crippen molar-refractivity contribution in [1.29, 1.82) is 0 Å². The predicted molar refractivity (Wildman–Crippen MR) is 99.4 cm³/mol. The van der Waals surface area contributed by atoms with E-state index in [0.29, 0.717) is 18.9 Å². The number of anilines is 1. The number of benzene rings is 2. The highest BCUT2D eigenvalue weighted by molar-refractivity contribution is 5.50. The summed E-state index contributed by atoms with van der Waals surface area (Å²) < 4.78 is 5.65. The number of aromatic hydroxyl groups is 1.